The SMILES string of the molecule is CC(C)OC(=O)N(C)C[C@H]1OCc2ccccc2-c2c(n(C)c3ccccc23)C(=O)N([C@@H](C)CO)C[C@H]1C. The number of likely N-dealkylation sites (N-methyl/N-ethyl adjacent to an activating group) is 1. The molecule has 3 atom stereocenters. The molecule has 8 nitrogen and oxygen atoms in total. The first-order valence-corrected chi connectivity index (χ1v) is 13.2. The molecule has 2 amide bonds. The number of nitrogens with zero attached hydrogens (tertiary/aromatic N) is 3. The fourth-order valence-electron chi connectivity index (χ4n) is 5.16. The number of ether oxygens (including phenoxy) is 2. The highest BCUT2D eigenvalue weighted by Crippen LogP contribution is 2.38. The van der Waals surface area contributed by atoms with Crippen molar-refractivity contribution in [3.8, 4) is 11.1 Å². The highest BCUT2D eigenvalue weighted by Gasteiger charge is 2.34. The Morgan fingerprint density at radius 3 is 2.55 bits per heavy atom. The summed E-state index contributed by atoms with van der Waals surface area (Å²) in [4.78, 5) is 30.2. The number of aryl methyl sites for hydroxylation is 1. The molecular weight excluding hydrogens is 482 g/mol. The number of aromatic nitrogens is 1. The molecule has 0 unspecified atom stereocenters. The Hall–Kier alpha value is -3.36. The largest absolute Gasteiger partial charge is 0.447 e. The third kappa shape index (κ3) is 5.42. The minimum Gasteiger partial charge on any atom is -0.447 e. The van der Waals surface area contributed by atoms with E-state index in [9.17, 15) is 14.7 Å². The van der Waals surface area contributed by atoms with Gasteiger partial charge in [0.2, 0.25) is 0 Å². The van der Waals surface area contributed by atoms with Crippen molar-refractivity contribution in [2.75, 3.05) is 26.7 Å². The highest BCUT2D eigenvalue weighted by atomic mass is 16.6. The summed E-state index contributed by atoms with van der Waals surface area (Å²) in [5.41, 5.74) is 4.32. The van der Waals surface area contributed by atoms with Crippen LogP contribution in [0, 0.1) is 5.92 Å². The van der Waals surface area contributed by atoms with Crippen LogP contribution in [0.5, 0.6) is 0 Å². The Kier molecular flexibility index (Phi) is 8.43. The third-order valence-corrected chi connectivity index (χ3v) is 7.33. The van der Waals surface area contributed by atoms with Gasteiger partial charge in [0.15, 0.2) is 0 Å². The van der Waals surface area contributed by atoms with Gasteiger partial charge < -0.3 is 28.9 Å². The van der Waals surface area contributed by atoms with Crippen molar-refractivity contribution in [1.29, 1.82) is 0 Å². The molecule has 2 aromatic carbocycles. The predicted molar refractivity (Wildman–Crippen MR) is 148 cm³/mol. The van der Waals surface area contributed by atoms with Crippen molar-refractivity contribution < 1.29 is 24.2 Å². The van der Waals surface area contributed by atoms with Gasteiger partial charge >= 0.3 is 6.09 Å². The lowest BCUT2D eigenvalue weighted by atomic mass is 9.96. The van der Waals surface area contributed by atoms with Gasteiger partial charge in [0.05, 0.1) is 38.0 Å². The number of aliphatic hydroxyl groups is 1. The highest BCUT2D eigenvalue weighted by molar-refractivity contribution is 6.10. The first kappa shape index (κ1) is 27.7. The van der Waals surface area contributed by atoms with Gasteiger partial charge in [0, 0.05) is 43.0 Å². The minimum atomic E-state index is -0.416. The van der Waals surface area contributed by atoms with E-state index in [0.29, 0.717) is 25.4 Å². The average molecular weight is 522 g/mol. The van der Waals surface area contributed by atoms with E-state index in [1.165, 1.54) is 4.90 Å². The number of fused-ring (bicyclic) bond motifs is 5. The summed E-state index contributed by atoms with van der Waals surface area (Å²) in [6, 6.07) is 15.6. The molecule has 0 saturated heterocycles. The van der Waals surface area contributed by atoms with E-state index in [4.69, 9.17) is 9.47 Å². The Morgan fingerprint density at radius 1 is 1.16 bits per heavy atom. The van der Waals surface area contributed by atoms with Crippen LogP contribution in [-0.4, -0.2) is 76.5 Å². The number of hydrogen-bond donors (Lipinski definition) is 1. The lowest BCUT2D eigenvalue weighted by Crippen LogP contribution is -2.48. The maximum Gasteiger partial charge on any atom is 0.409 e. The molecule has 0 bridgehead atoms. The maximum absolute atomic E-state index is 14.3. The second-order valence-corrected chi connectivity index (χ2v) is 10.6. The number of amides is 2. The summed E-state index contributed by atoms with van der Waals surface area (Å²) in [7, 11) is 3.61. The van der Waals surface area contributed by atoms with E-state index in [1.54, 1.807) is 11.9 Å². The quantitative estimate of drug-likeness (QED) is 0.527. The number of rotatable bonds is 5. The van der Waals surface area contributed by atoms with Crippen molar-refractivity contribution >= 4 is 22.9 Å². The summed E-state index contributed by atoms with van der Waals surface area (Å²) >= 11 is 0. The van der Waals surface area contributed by atoms with Gasteiger partial charge in [-0.1, -0.05) is 49.4 Å². The summed E-state index contributed by atoms with van der Waals surface area (Å²) in [5, 5.41) is 11.1. The fraction of sp³-hybridized carbons (Fsp3) is 0.467. The van der Waals surface area contributed by atoms with Gasteiger partial charge in [0.25, 0.3) is 5.91 Å². The number of benzene rings is 2. The van der Waals surface area contributed by atoms with Crippen LogP contribution >= 0.6 is 0 Å². The Balaban J connectivity index is 1.84. The number of para-hydroxylation sites is 1. The standard InChI is InChI=1S/C30H39N3O5/c1-19(2)38-30(36)31(5)16-26-20(3)15-33(21(4)17-34)29(35)28-27(23-12-8-7-11-22(23)18-37-26)24-13-9-10-14-25(24)32(28)6/h7-14,19-21,26,34H,15-18H2,1-6H3/t20-,21+,26-/m1/s1. The van der Waals surface area contributed by atoms with Gasteiger partial charge in [-0.05, 0) is 38.0 Å². The molecule has 8 heteroatoms. The van der Waals surface area contributed by atoms with E-state index < -0.39 is 12.1 Å². The third-order valence-electron chi connectivity index (χ3n) is 7.33. The van der Waals surface area contributed by atoms with Gasteiger partial charge in [-0.25, -0.2) is 4.79 Å². The minimum absolute atomic E-state index is 0.134. The number of carbonyl (C=O) groups excluding carboxylic acids is 2. The van der Waals surface area contributed by atoms with Crippen molar-refractivity contribution in [2.24, 2.45) is 13.0 Å². The Bertz CT molecular complexity index is 1300. The molecule has 0 fully saturated rings. The van der Waals surface area contributed by atoms with E-state index in [-0.39, 0.29) is 30.6 Å². The number of hydrogen-bond acceptors (Lipinski definition) is 5. The first-order chi connectivity index (χ1) is 18.1. The monoisotopic (exact) mass is 521 g/mol. The second-order valence-electron chi connectivity index (χ2n) is 10.6. The molecule has 38 heavy (non-hydrogen) atoms. The second kappa shape index (κ2) is 11.6. The van der Waals surface area contributed by atoms with Crippen molar-refractivity contribution in [1.82, 2.24) is 14.4 Å². The van der Waals surface area contributed by atoms with Crippen LogP contribution < -0.4 is 0 Å². The molecular formula is C30H39N3O5. The van der Waals surface area contributed by atoms with Crippen LogP contribution in [0.3, 0.4) is 0 Å². The normalized spacial score (nSPS) is 19.1. The van der Waals surface area contributed by atoms with Gasteiger partial charge in [-0.15, -0.1) is 0 Å². The van der Waals surface area contributed by atoms with Crippen LogP contribution in [0.4, 0.5) is 4.79 Å². The molecule has 204 valence electrons. The van der Waals surface area contributed by atoms with Gasteiger partial charge in [-0.2, -0.15) is 0 Å². The number of carbonyl (C=O) groups is 2. The van der Waals surface area contributed by atoms with Crippen LogP contribution in [0.2, 0.25) is 0 Å². The molecule has 1 aromatic heterocycles. The smallest absolute Gasteiger partial charge is 0.409 e. The molecule has 0 radical (unpaired) electrons. The van der Waals surface area contributed by atoms with E-state index in [2.05, 4.69) is 0 Å². The molecule has 0 spiro atoms. The molecule has 0 aliphatic carbocycles. The molecule has 1 N–H and O–H groups in total. The zero-order valence-corrected chi connectivity index (χ0v) is 23.2. The predicted octanol–water partition coefficient (Wildman–Crippen LogP) is 4.68. The topological polar surface area (TPSA) is 84.2 Å². The summed E-state index contributed by atoms with van der Waals surface area (Å²) in [6.07, 6.45) is -1.01. The fourth-order valence-corrected chi connectivity index (χ4v) is 5.16. The maximum atomic E-state index is 14.3. The van der Waals surface area contributed by atoms with Crippen LogP contribution in [0.1, 0.15) is 43.7 Å². The average Bonchev–Trinajstić information content (AvgIpc) is 3.19. The summed E-state index contributed by atoms with van der Waals surface area (Å²) in [5.74, 6) is -0.277. The van der Waals surface area contributed by atoms with E-state index in [0.717, 1.165) is 27.6 Å². The number of aliphatic hydroxyl groups excluding tert-OH is 1. The van der Waals surface area contributed by atoms with E-state index in [1.807, 2.05) is 87.8 Å². The first-order valence-electron chi connectivity index (χ1n) is 13.2. The molecule has 1 aliphatic heterocycles. The molecule has 3 aromatic rings. The van der Waals surface area contributed by atoms with Crippen LogP contribution in [0.25, 0.3) is 22.0 Å². The Labute approximate surface area is 224 Å². The zero-order chi connectivity index (χ0) is 27.6. The van der Waals surface area contributed by atoms with Crippen molar-refractivity contribution in [2.45, 2.75) is 52.6 Å². The molecule has 4 rings (SSSR count). The van der Waals surface area contributed by atoms with Crippen LogP contribution in [0.15, 0.2) is 48.5 Å². The van der Waals surface area contributed by atoms with Crippen LogP contribution in [-0.2, 0) is 23.1 Å². The lowest BCUT2D eigenvalue weighted by molar-refractivity contribution is -0.0246. The lowest BCUT2D eigenvalue weighted by Gasteiger charge is -2.35. The zero-order valence-electron chi connectivity index (χ0n) is 23.2. The summed E-state index contributed by atoms with van der Waals surface area (Å²) < 4.78 is 13.8. The summed E-state index contributed by atoms with van der Waals surface area (Å²) in [6.45, 7) is 8.32. The molecule has 0 saturated carbocycles. The Morgan fingerprint density at radius 2 is 1.84 bits per heavy atom. The van der Waals surface area contributed by atoms with Gasteiger partial charge in [-0.3, -0.25) is 4.79 Å². The van der Waals surface area contributed by atoms with Crippen molar-refractivity contribution in [3.05, 3.63) is 59.8 Å². The van der Waals surface area contributed by atoms with Crippen molar-refractivity contribution in [3.63, 3.8) is 0 Å². The molecule has 2 heterocycles. The molecule has 1 aliphatic rings. The van der Waals surface area contributed by atoms with Gasteiger partial charge in [0.1, 0.15) is 5.69 Å². The van der Waals surface area contributed by atoms with E-state index >= 15 is 0 Å².